The molecule has 2 rings (SSSR count). The first-order valence-corrected chi connectivity index (χ1v) is 9.89. The van der Waals surface area contributed by atoms with Gasteiger partial charge in [0.15, 0.2) is 11.5 Å². The van der Waals surface area contributed by atoms with Crippen molar-refractivity contribution in [1.82, 2.24) is 0 Å². The van der Waals surface area contributed by atoms with Crippen molar-refractivity contribution in [3.63, 3.8) is 0 Å². The average Bonchev–Trinajstić information content (AvgIpc) is 3.11. The van der Waals surface area contributed by atoms with Crippen molar-refractivity contribution in [2.45, 2.75) is 45.6 Å². The predicted octanol–water partition coefficient (Wildman–Crippen LogP) is 3.47. The van der Waals surface area contributed by atoms with Gasteiger partial charge >= 0.3 is 5.97 Å². The Bertz CT molecular complexity index is 671. The van der Waals surface area contributed by atoms with Crippen LogP contribution >= 0.6 is 0 Å². The van der Waals surface area contributed by atoms with Gasteiger partial charge in [-0.25, -0.2) is 0 Å². The van der Waals surface area contributed by atoms with E-state index in [1.807, 2.05) is 12.1 Å². The van der Waals surface area contributed by atoms with Crippen molar-refractivity contribution in [2.75, 3.05) is 27.4 Å². The minimum absolute atomic E-state index is 0.225. The Kier molecular flexibility index (Phi) is 8.80. The van der Waals surface area contributed by atoms with Crippen LogP contribution in [0.5, 0.6) is 11.5 Å². The molecule has 0 saturated heterocycles. The van der Waals surface area contributed by atoms with Crippen molar-refractivity contribution in [1.29, 1.82) is 0 Å². The van der Waals surface area contributed by atoms with Gasteiger partial charge in [-0.15, -0.1) is 0 Å². The average molecular weight is 392 g/mol. The van der Waals surface area contributed by atoms with E-state index in [-0.39, 0.29) is 12.0 Å². The molecule has 0 amide bonds. The summed E-state index contributed by atoms with van der Waals surface area (Å²) in [4.78, 5) is 11.3. The molecule has 28 heavy (non-hydrogen) atoms. The molecule has 6 nitrogen and oxygen atoms in total. The van der Waals surface area contributed by atoms with Crippen molar-refractivity contribution in [2.24, 2.45) is 17.6 Å². The van der Waals surface area contributed by atoms with Gasteiger partial charge in [0.2, 0.25) is 0 Å². The summed E-state index contributed by atoms with van der Waals surface area (Å²) < 4.78 is 21.6. The minimum atomic E-state index is -0.262. The fraction of sp³-hybridized carbons (Fsp3) is 0.591. The van der Waals surface area contributed by atoms with E-state index in [0.29, 0.717) is 37.2 Å². The molecule has 6 heteroatoms. The zero-order valence-electron chi connectivity index (χ0n) is 17.4. The molecule has 0 aliphatic carbocycles. The Morgan fingerprint density at radius 1 is 1.18 bits per heavy atom. The lowest BCUT2D eigenvalue weighted by Crippen LogP contribution is -2.29. The molecule has 0 unspecified atom stereocenters. The van der Waals surface area contributed by atoms with Gasteiger partial charge in [-0.1, -0.05) is 19.9 Å². The highest BCUT2D eigenvalue weighted by molar-refractivity contribution is 5.75. The van der Waals surface area contributed by atoms with Crippen LogP contribution in [0.1, 0.15) is 38.7 Å². The third-order valence-electron chi connectivity index (χ3n) is 5.04. The lowest BCUT2D eigenvalue weighted by molar-refractivity contribution is -0.136. The quantitative estimate of drug-likeness (QED) is 0.434. The summed E-state index contributed by atoms with van der Waals surface area (Å²) >= 11 is 0. The molecular formula is C22H33NO5. The number of ether oxygens (including phenoxy) is 4. The van der Waals surface area contributed by atoms with Gasteiger partial charge in [0.1, 0.15) is 5.76 Å². The van der Waals surface area contributed by atoms with Crippen molar-refractivity contribution in [3.05, 3.63) is 35.6 Å². The maximum Gasteiger partial charge on any atom is 0.314 e. The monoisotopic (exact) mass is 391 g/mol. The smallest absolute Gasteiger partial charge is 0.314 e. The molecule has 0 spiro atoms. The Morgan fingerprint density at radius 2 is 1.96 bits per heavy atom. The van der Waals surface area contributed by atoms with E-state index in [2.05, 4.69) is 19.9 Å². The van der Waals surface area contributed by atoms with E-state index in [4.69, 9.17) is 24.7 Å². The maximum atomic E-state index is 11.3. The second-order valence-electron chi connectivity index (χ2n) is 7.52. The van der Waals surface area contributed by atoms with E-state index in [1.165, 1.54) is 5.56 Å². The summed E-state index contributed by atoms with van der Waals surface area (Å²) in [5.41, 5.74) is 7.47. The third kappa shape index (κ3) is 6.53. The highest BCUT2D eigenvalue weighted by Gasteiger charge is 2.25. The topological polar surface area (TPSA) is 80.0 Å². The zero-order chi connectivity index (χ0) is 20.5. The number of methoxy groups -OCH3 is 2. The van der Waals surface area contributed by atoms with Crippen LogP contribution < -0.4 is 15.2 Å². The number of esters is 1. The first-order chi connectivity index (χ1) is 13.4. The van der Waals surface area contributed by atoms with Crippen LogP contribution in [0, 0.1) is 11.8 Å². The first kappa shape index (κ1) is 22.2. The number of cyclic esters (lactones) is 1. The fourth-order valence-electron chi connectivity index (χ4n) is 3.31. The zero-order valence-corrected chi connectivity index (χ0v) is 17.4. The number of benzene rings is 1. The van der Waals surface area contributed by atoms with Crippen molar-refractivity contribution < 1.29 is 23.7 Å². The Morgan fingerprint density at radius 3 is 2.57 bits per heavy atom. The van der Waals surface area contributed by atoms with E-state index in [9.17, 15) is 4.79 Å². The number of carbonyl (C=O) groups is 1. The summed E-state index contributed by atoms with van der Waals surface area (Å²) in [5.74, 6) is 2.64. The summed E-state index contributed by atoms with van der Waals surface area (Å²) in [6.45, 7) is 5.62. The third-order valence-corrected chi connectivity index (χ3v) is 5.04. The molecule has 0 aromatic heterocycles. The highest BCUT2D eigenvalue weighted by atomic mass is 16.5. The number of nitrogens with two attached hydrogens (primary N) is 1. The molecule has 0 radical (unpaired) electrons. The molecule has 1 heterocycles. The van der Waals surface area contributed by atoms with Crippen LogP contribution in [0.15, 0.2) is 30.0 Å². The molecular weight excluding hydrogens is 358 g/mol. The Labute approximate surface area is 168 Å². The second-order valence-corrected chi connectivity index (χ2v) is 7.52. The molecule has 2 N–H and O–H groups in total. The van der Waals surface area contributed by atoms with Crippen molar-refractivity contribution >= 4 is 5.97 Å². The fourth-order valence-corrected chi connectivity index (χ4v) is 3.31. The lowest BCUT2D eigenvalue weighted by Gasteiger charge is -2.25. The van der Waals surface area contributed by atoms with Gasteiger partial charge in [-0.05, 0) is 48.4 Å². The van der Waals surface area contributed by atoms with Crippen molar-refractivity contribution in [3.8, 4) is 11.5 Å². The predicted molar refractivity (Wildman–Crippen MR) is 108 cm³/mol. The summed E-state index contributed by atoms with van der Waals surface area (Å²) in [5, 5.41) is 0. The molecule has 0 saturated carbocycles. The standard InChI is InChI=1S/C22H33NO5/c1-15(2)17(14-18(23)19-8-9-22(24)28-19)12-16-6-7-20(26-4)21(13-16)27-11-5-10-25-3/h6-8,13,15,17-18H,5,9-12,14,23H2,1-4H3/t17-,18-/m0/s1. The molecule has 1 aliphatic heterocycles. The normalized spacial score (nSPS) is 15.9. The molecule has 1 aliphatic rings. The summed E-state index contributed by atoms with van der Waals surface area (Å²) in [7, 11) is 3.32. The van der Waals surface area contributed by atoms with Crippen LogP contribution in [-0.4, -0.2) is 39.4 Å². The van der Waals surface area contributed by atoms with E-state index in [1.54, 1.807) is 20.3 Å². The number of carbonyl (C=O) groups excluding carboxylic acids is 1. The van der Waals surface area contributed by atoms with Gasteiger partial charge in [-0.2, -0.15) is 0 Å². The maximum absolute atomic E-state index is 11.3. The van der Waals surface area contributed by atoms with Gasteiger partial charge in [0.05, 0.1) is 26.2 Å². The number of hydrogen-bond donors (Lipinski definition) is 1. The minimum Gasteiger partial charge on any atom is -0.493 e. The van der Waals surface area contributed by atoms with Gasteiger partial charge in [-0.3, -0.25) is 4.79 Å². The summed E-state index contributed by atoms with van der Waals surface area (Å²) in [6.07, 6.45) is 4.56. The van der Waals surface area contributed by atoms with Gasteiger partial charge < -0.3 is 24.7 Å². The highest BCUT2D eigenvalue weighted by Crippen LogP contribution is 2.32. The van der Waals surface area contributed by atoms with E-state index in [0.717, 1.165) is 30.8 Å². The van der Waals surface area contributed by atoms with Crippen LogP contribution in [0.3, 0.4) is 0 Å². The second kappa shape index (κ2) is 11.1. The molecule has 1 aromatic carbocycles. The van der Waals surface area contributed by atoms with E-state index >= 15 is 0 Å². The number of hydrogen-bond acceptors (Lipinski definition) is 6. The van der Waals surface area contributed by atoms with Gasteiger partial charge in [0.25, 0.3) is 0 Å². The van der Waals surface area contributed by atoms with Crippen LogP contribution in [0.4, 0.5) is 0 Å². The molecule has 0 bridgehead atoms. The molecule has 1 aromatic rings. The SMILES string of the molecule is COCCCOc1cc(C[C@@H](C[C@H](N)C2=CCC(=O)O2)C(C)C)ccc1OC. The summed E-state index contributed by atoms with van der Waals surface area (Å²) in [6, 6.07) is 5.79. The Hall–Kier alpha value is -2.05. The largest absolute Gasteiger partial charge is 0.493 e. The van der Waals surface area contributed by atoms with E-state index < -0.39 is 0 Å². The first-order valence-electron chi connectivity index (χ1n) is 9.89. The van der Waals surface area contributed by atoms with Crippen LogP contribution in [-0.2, 0) is 20.7 Å². The molecule has 0 fully saturated rings. The lowest BCUT2D eigenvalue weighted by atomic mass is 9.84. The van der Waals surface area contributed by atoms with Crippen LogP contribution in [0.25, 0.3) is 0 Å². The number of rotatable bonds is 12. The Balaban J connectivity index is 2.03. The van der Waals surface area contributed by atoms with Crippen LogP contribution in [0.2, 0.25) is 0 Å². The molecule has 156 valence electrons. The molecule has 2 atom stereocenters. The van der Waals surface area contributed by atoms with Gasteiger partial charge in [0, 0.05) is 20.1 Å².